The van der Waals surface area contributed by atoms with Gasteiger partial charge in [-0.3, -0.25) is 4.57 Å². The lowest BCUT2D eigenvalue weighted by atomic mass is 9.99. The molecule has 2 heterocycles. The summed E-state index contributed by atoms with van der Waals surface area (Å²) in [6, 6.07) is 1.45. The third-order valence-corrected chi connectivity index (χ3v) is 3.87. The second-order valence-electron chi connectivity index (χ2n) is 4.62. The van der Waals surface area contributed by atoms with Crippen LogP contribution in [0.4, 0.5) is 5.82 Å². The molecule has 1 aliphatic heterocycles. The van der Waals surface area contributed by atoms with Gasteiger partial charge in [0.2, 0.25) is 0 Å². The first-order valence-electron chi connectivity index (χ1n) is 5.97. The Morgan fingerprint density at radius 1 is 1.67 bits per heavy atom. The summed E-state index contributed by atoms with van der Waals surface area (Å²) in [5, 5.41) is 21.5. The number of nitrogens with zero attached hydrogens (tertiary/aromatic N) is 2. The molecule has 4 atom stereocenters. The third-order valence-electron chi connectivity index (χ3n) is 3.27. The molecule has 4 N–H and O–H groups in total. The number of aliphatic hydroxyl groups excluding tert-OH is 2. The predicted molar refractivity (Wildman–Crippen MR) is 76.9 cm³/mol. The maximum absolute atomic E-state index is 12.0. The molecule has 1 aromatic heterocycles. The van der Waals surface area contributed by atoms with Crippen molar-refractivity contribution in [2.24, 2.45) is 0 Å². The van der Waals surface area contributed by atoms with Crippen molar-refractivity contribution < 1.29 is 14.9 Å². The molecule has 1 fully saturated rings. The molecule has 0 amide bonds. The molecule has 0 spiro atoms. The van der Waals surface area contributed by atoms with E-state index in [9.17, 15) is 15.0 Å². The highest BCUT2D eigenvalue weighted by atomic mass is 35.5. The number of rotatable bonds is 2. The SMILES string of the molecule is Cc1cc(N)nc(=O)n1[C@@H]1O[C@H](CO)C(O)[C@]1(Cl)C#CCl. The van der Waals surface area contributed by atoms with Crippen LogP contribution in [0.1, 0.15) is 11.9 Å². The normalized spacial score (nSPS) is 31.8. The van der Waals surface area contributed by atoms with E-state index in [1.165, 1.54) is 6.07 Å². The molecule has 1 aromatic rings. The molecule has 114 valence electrons. The first kappa shape index (κ1) is 16.1. The van der Waals surface area contributed by atoms with Gasteiger partial charge >= 0.3 is 5.69 Å². The Hall–Kier alpha value is -1.30. The van der Waals surface area contributed by atoms with E-state index in [4.69, 9.17) is 33.7 Å². The zero-order valence-electron chi connectivity index (χ0n) is 11.0. The number of anilines is 1. The molecule has 1 saturated heterocycles. The molecule has 2 rings (SSSR count). The van der Waals surface area contributed by atoms with Gasteiger partial charge in [0.15, 0.2) is 11.1 Å². The maximum Gasteiger partial charge on any atom is 0.351 e. The smallest absolute Gasteiger partial charge is 0.351 e. The van der Waals surface area contributed by atoms with Crippen molar-refractivity contribution in [3.8, 4) is 11.3 Å². The number of ether oxygens (including phenoxy) is 1. The number of nitrogens with two attached hydrogens (primary N) is 1. The molecular weight excluding hydrogens is 321 g/mol. The van der Waals surface area contributed by atoms with E-state index in [0.29, 0.717) is 5.69 Å². The average molecular weight is 334 g/mol. The molecular formula is C12H13Cl2N3O4. The molecule has 0 aliphatic carbocycles. The second kappa shape index (κ2) is 5.83. The van der Waals surface area contributed by atoms with E-state index in [-0.39, 0.29) is 5.82 Å². The number of halogens is 2. The van der Waals surface area contributed by atoms with Gasteiger partial charge in [-0.15, -0.1) is 0 Å². The van der Waals surface area contributed by atoms with Gasteiger partial charge in [-0.05, 0) is 24.6 Å². The van der Waals surface area contributed by atoms with Gasteiger partial charge in [0.1, 0.15) is 18.0 Å². The number of aliphatic hydroxyl groups is 2. The maximum atomic E-state index is 12.0. The first-order valence-corrected chi connectivity index (χ1v) is 6.72. The summed E-state index contributed by atoms with van der Waals surface area (Å²) >= 11 is 11.7. The number of aryl methyl sites for hydroxylation is 1. The van der Waals surface area contributed by atoms with Crippen LogP contribution in [0.2, 0.25) is 0 Å². The van der Waals surface area contributed by atoms with Gasteiger partial charge in [-0.25, -0.2) is 4.79 Å². The zero-order chi connectivity index (χ0) is 15.8. The highest BCUT2D eigenvalue weighted by Gasteiger charge is 2.56. The molecule has 0 bridgehead atoms. The van der Waals surface area contributed by atoms with Crippen LogP contribution in [0.15, 0.2) is 10.9 Å². The molecule has 9 heteroatoms. The summed E-state index contributed by atoms with van der Waals surface area (Å²) in [6.07, 6.45) is -3.52. The van der Waals surface area contributed by atoms with Crippen molar-refractivity contribution in [1.29, 1.82) is 0 Å². The average Bonchev–Trinajstić information content (AvgIpc) is 2.63. The molecule has 0 saturated carbocycles. The fourth-order valence-electron chi connectivity index (χ4n) is 2.27. The van der Waals surface area contributed by atoms with Crippen molar-refractivity contribution in [2.75, 3.05) is 12.3 Å². The summed E-state index contributed by atoms with van der Waals surface area (Å²) in [7, 11) is 0. The summed E-state index contributed by atoms with van der Waals surface area (Å²) in [5.74, 6) is 2.48. The summed E-state index contributed by atoms with van der Waals surface area (Å²) in [5.41, 5.74) is 5.21. The summed E-state index contributed by atoms with van der Waals surface area (Å²) < 4.78 is 6.58. The fraction of sp³-hybridized carbons (Fsp3) is 0.500. The second-order valence-corrected chi connectivity index (χ2v) is 5.43. The van der Waals surface area contributed by atoms with Crippen LogP contribution < -0.4 is 11.4 Å². The number of aromatic nitrogens is 2. The van der Waals surface area contributed by atoms with Gasteiger partial charge in [-0.2, -0.15) is 4.98 Å². The standard InChI is InChI=1S/C12H13Cl2N3O4/c1-6-4-8(15)16-11(20)17(6)10-12(14,2-3-13)9(19)7(5-18)21-10/h4,7,9-10,18-19H,5H2,1H3,(H2,15,16,20)/t7-,9?,10-,12-/m1/s1. The minimum Gasteiger partial charge on any atom is -0.394 e. The van der Waals surface area contributed by atoms with Gasteiger partial charge < -0.3 is 20.7 Å². The number of hydrogen-bond acceptors (Lipinski definition) is 6. The Bertz CT molecular complexity index is 669. The summed E-state index contributed by atoms with van der Waals surface area (Å²) in [4.78, 5) is 14.0. The van der Waals surface area contributed by atoms with Gasteiger partial charge in [0.05, 0.1) is 6.61 Å². The fourth-order valence-corrected chi connectivity index (χ4v) is 2.81. The molecule has 1 unspecified atom stereocenters. The van der Waals surface area contributed by atoms with Gasteiger partial charge in [-0.1, -0.05) is 17.5 Å². The molecule has 21 heavy (non-hydrogen) atoms. The van der Waals surface area contributed by atoms with Crippen LogP contribution in [0.5, 0.6) is 0 Å². The van der Waals surface area contributed by atoms with Gasteiger partial charge in [0, 0.05) is 11.1 Å². The van der Waals surface area contributed by atoms with Crippen LogP contribution in [0.25, 0.3) is 0 Å². The Labute approximate surface area is 130 Å². The lowest BCUT2D eigenvalue weighted by molar-refractivity contribution is -0.0470. The van der Waals surface area contributed by atoms with Crippen molar-refractivity contribution in [3.63, 3.8) is 0 Å². The highest BCUT2D eigenvalue weighted by Crippen LogP contribution is 2.43. The van der Waals surface area contributed by atoms with Gasteiger partial charge in [0.25, 0.3) is 0 Å². The monoisotopic (exact) mass is 333 g/mol. The summed E-state index contributed by atoms with van der Waals surface area (Å²) in [6.45, 7) is 1.11. The molecule has 7 nitrogen and oxygen atoms in total. The highest BCUT2D eigenvalue weighted by molar-refractivity contribution is 6.32. The largest absolute Gasteiger partial charge is 0.394 e. The lowest BCUT2D eigenvalue weighted by Crippen LogP contribution is -2.44. The van der Waals surface area contributed by atoms with E-state index in [2.05, 4.69) is 16.3 Å². The Morgan fingerprint density at radius 2 is 2.33 bits per heavy atom. The minimum atomic E-state index is -1.69. The lowest BCUT2D eigenvalue weighted by Gasteiger charge is -2.26. The molecule has 0 aromatic carbocycles. The molecule has 1 aliphatic rings. The third kappa shape index (κ3) is 2.61. The van der Waals surface area contributed by atoms with E-state index in [1.54, 1.807) is 6.92 Å². The van der Waals surface area contributed by atoms with E-state index >= 15 is 0 Å². The molecule has 0 radical (unpaired) electrons. The van der Waals surface area contributed by atoms with Crippen molar-refractivity contribution in [2.45, 2.75) is 30.2 Å². The van der Waals surface area contributed by atoms with E-state index in [0.717, 1.165) is 4.57 Å². The van der Waals surface area contributed by atoms with Crippen molar-refractivity contribution >= 4 is 29.0 Å². The predicted octanol–water partition coefficient (Wildman–Crippen LogP) is -0.438. The van der Waals surface area contributed by atoms with Crippen LogP contribution in [0.3, 0.4) is 0 Å². The van der Waals surface area contributed by atoms with Crippen LogP contribution in [-0.2, 0) is 4.74 Å². The van der Waals surface area contributed by atoms with Crippen molar-refractivity contribution in [3.05, 3.63) is 22.2 Å². The number of hydrogen-bond donors (Lipinski definition) is 3. The number of nitrogen functional groups attached to an aromatic ring is 1. The zero-order valence-corrected chi connectivity index (χ0v) is 12.5. The Morgan fingerprint density at radius 3 is 2.86 bits per heavy atom. The van der Waals surface area contributed by atoms with E-state index in [1.807, 2.05) is 0 Å². The van der Waals surface area contributed by atoms with Crippen LogP contribution in [0, 0.1) is 18.2 Å². The van der Waals surface area contributed by atoms with Crippen molar-refractivity contribution in [1.82, 2.24) is 9.55 Å². The quantitative estimate of drug-likeness (QED) is 0.500. The first-order chi connectivity index (χ1) is 9.85. The van der Waals surface area contributed by atoms with E-state index < -0.39 is 35.6 Å². The van der Waals surface area contributed by atoms with Crippen LogP contribution in [-0.4, -0.2) is 43.5 Å². The number of alkyl halides is 1. The minimum absolute atomic E-state index is 0.0506. The topological polar surface area (TPSA) is 111 Å². The Balaban J connectivity index is 2.61. The van der Waals surface area contributed by atoms with Crippen LogP contribution >= 0.6 is 23.2 Å². The Kier molecular flexibility index (Phi) is 4.46.